The van der Waals surface area contributed by atoms with Gasteiger partial charge in [0, 0.05) is 12.1 Å². The normalized spacial score (nSPS) is 32.1. The molecule has 2 aliphatic rings. The van der Waals surface area contributed by atoms with E-state index in [0.717, 1.165) is 0 Å². The summed E-state index contributed by atoms with van der Waals surface area (Å²) in [6, 6.07) is 0. The van der Waals surface area contributed by atoms with Gasteiger partial charge in [0.25, 0.3) is 0 Å². The van der Waals surface area contributed by atoms with Crippen LogP contribution in [-0.4, -0.2) is 37.1 Å². The molecule has 2 fully saturated rings. The van der Waals surface area contributed by atoms with Gasteiger partial charge in [0.05, 0.1) is 0 Å². The van der Waals surface area contributed by atoms with Crippen molar-refractivity contribution in [2.75, 3.05) is 26.7 Å². The van der Waals surface area contributed by atoms with E-state index in [2.05, 4.69) is 17.3 Å². The second-order valence-electron chi connectivity index (χ2n) is 3.68. The molecule has 2 heteroatoms. The van der Waals surface area contributed by atoms with Gasteiger partial charge in [0.2, 0.25) is 0 Å². The molecule has 0 bridgehead atoms. The van der Waals surface area contributed by atoms with Crippen molar-refractivity contribution in [1.82, 2.24) is 10.2 Å². The highest BCUT2D eigenvalue weighted by atomic mass is 15.2. The predicted octanol–water partition coefficient (Wildman–Crippen LogP) is 0.444. The Kier molecular flexibility index (Phi) is 1.46. The maximum absolute atomic E-state index is 3.49. The Morgan fingerprint density at radius 1 is 1.40 bits per heavy atom. The molecule has 1 aliphatic carbocycles. The van der Waals surface area contributed by atoms with E-state index in [9.17, 15) is 0 Å². The molecule has 0 aromatic heterocycles. The third-order valence-electron chi connectivity index (χ3n) is 2.94. The van der Waals surface area contributed by atoms with Crippen LogP contribution in [-0.2, 0) is 0 Å². The molecule has 2 nitrogen and oxygen atoms in total. The van der Waals surface area contributed by atoms with Crippen molar-refractivity contribution in [2.24, 2.45) is 0 Å². The van der Waals surface area contributed by atoms with Crippen molar-refractivity contribution < 1.29 is 0 Å². The molecule has 0 aromatic rings. The van der Waals surface area contributed by atoms with Crippen molar-refractivity contribution >= 4 is 0 Å². The highest BCUT2D eigenvalue weighted by Crippen LogP contribution is 2.40. The Morgan fingerprint density at radius 2 is 2.20 bits per heavy atom. The molecule has 2 rings (SSSR count). The van der Waals surface area contributed by atoms with Crippen molar-refractivity contribution in [3.05, 3.63) is 0 Å². The summed E-state index contributed by atoms with van der Waals surface area (Å²) in [6.45, 7) is 3.72. The number of nitrogens with zero attached hydrogens (tertiary/aromatic N) is 1. The van der Waals surface area contributed by atoms with Gasteiger partial charge in [-0.3, -0.25) is 4.90 Å². The molecule has 0 unspecified atom stereocenters. The van der Waals surface area contributed by atoms with E-state index in [4.69, 9.17) is 0 Å². The standard InChI is InChI=1S/C8H16N2/c1-10-6-2-5-9-7-8(10)3-4-8/h9H,2-7H2,1H3. The molecule has 10 heavy (non-hydrogen) atoms. The van der Waals surface area contributed by atoms with Crippen LogP contribution < -0.4 is 5.32 Å². The van der Waals surface area contributed by atoms with Gasteiger partial charge >= 0.3 is 0 Å². The minimum atomic E-state index is 0.594. The molecule has 1 saturated carbocycles. The zero-order valence-corrected chi connectivity index (χ0v) is 6.69. The molecular weight excluding hydrogens is 124 g/mol. The largest absolute Gasteiger partial charge is 0.315 e. The fourth-order valence-corrected chi connectivity index (χ4v) is 1.84. The monoisotopic (exact) mass is 140 g/mol. The topological polar surface area (TPSA) is 15.3 Å². The predicted molar refractivity (Wildman–Crippen MR) is 42.1 cm³/mol. The van der Waals surface area contributed by atoms with Crippen LogP contribution in [0.3, 0.4) is 0 Å². The molecule has 1 spiro atoms. The van der Waals surface area contributed by atoms with Gasteiger partial charge in [0.15, 0.2) is 0 Å². The van der Waals surface area contributed by atoms with E-state index in [1.165, 1.54) is 38.9 Å². The van der Waals surface area contributed by atoms with E-state index in [-0.39, 0.29) is 0 Å². The van der Waals surface area contributed by atoms with E-state index < -0.39 is 0 Å². The van der Waals surface area contributed by atoms with Gasteiger partial charge in [-0.25, -0.2) is 0 Å². The van der Waals surface area contributed by atoms with Crippen LogP contribution in [0.25, 0.3) is 0 Å². The molecule has 0 radical (unpaired) electrons. The van der Waals surface area contributed by atoms with E-state index in [1.54, 1.807) is 0 Å². The van der Waals surface area contributed by atoms with Gasteiger partial charge in [0.1, 0.15) is 0 Å². The summed E-state index contributed by atoms with van der Waals surface area (Å²) >= 11 is 0. The summed E-state index contributed by atoms with van der Waals surface area (Å²) in [5, 5.41) is 3.49. The van der Waals surface area contributed by atoms with Gasteiger partial charge in [-0.2, -0.15) is 0 Å². The van der Waals surface area contributed by atoms with Crippen molar-refractivity contribution in [1.29, 1.82) is 0 Å². The highest BCUT2D eigenvalue weighted by molar-refractivity contribution is 5.05. The van der Waals surface area contributed by atoms with E-state index in [1.807, 2.05) is 0 Å². The van der Waals surface area contributed by atoms with Crippen LogP contribution in [0.1, 0.15) is 19.3 Å². The molecule has 1 aliphatic heterocycles. The SMILES string of the molecule is CN1CCCNCC12CC2. The maximum atomic E-state index is 3.49. The van der Waals surface area contributed by atoms with Crippen molar-refractivity contribution in [3.8, 4) is 0 Å². The van der Waals surface area contributed by atoms with E-state index in [0.29, 0.717) is 5.54 Å². The van der Waals surface area contributed by atoms with Crippen LogP contribution in [0.15, 0.2) is 0 Å². The second kappa shape index (κ2) is 2.21. The van der Waals surface area contributed by atoms with Crippen molar-refractivity contribution in [3.63, 3.8) is 0 Å². The Labute approximate surface area is 62.6 Å². The fourth-order valence-electron chi connectivity index (χ4n) is 1.84. The van der Waals surface area contributed by atoms with Gasteiger partial charge in [-0.1, -0.05) is 0 Å². The van der Waals surface area contributed by atoms with Gasteiger partial charge in [-0.05, 0) is 39.4 Å². The lowest BCUT2D eigenvalue weighted by Gasteiger charge is -2.24. The number of rotatable bonds is 0. The maximum Gasteiger partial charge on any atom is 0.0332 e. The summed E-state index contributed by atoms with van der Waals surface area (Å²) < 4.78 is 0. The molecule has 1 heterocycles. The minimum Gasteiger partial charge on any atom is -0.315 e. The molecule has 0 aromatic carbocycles. The summed E-state index contributed by atoms with van der Waals surface area (Å²) in [5.74, 6) is 0. The van der Waals surface area contributed by atoms with Crippen LogP contribution in [0.4, 0.5) is 0 Å². The smallest absolute Gasteiger partial charge is 0.0332 e. The van der Waals surface area contributed by atoms with Gasteiger partial charge < -0.3 is 5.32 Å². The van der Waals surface area contributed by atoms with Gasteiger partial charge in [-0.15, -0.1) is 0 Å². The average Bonchev–Trinajstić information content (AvgIpc) is 2.69. The first-order valence-corrected chi connectivity index (χ1v) is 4.25. The average molecular weight is 140 g/mol. The number of hydrogen-bond acceptors (Lipinski definition) is 2. The summed E-state index contributed by atoms with van der Waals surface area (Å²) in [4.78, 5) is 2.53. The summed E-state index contributed by atoms with van der Waals surface area (Å²) in [5.41, 5.74) is 0.594. The third-order valence-corrected chi connectivity index (χ3v) is 2.94. The molecule has 0 atom stereocenters. The first kappa shape index (κ1) is 6.62. The van der Waals surface area contributed by atoms with E-state index >= 15 is 0 Å². The quantitative estimate of drug-likeness (QED) is 0.525. The second-order valence-corrected chi connectivity index (χ2v) is 3.68. The lowest BCUT2D eigenvalue weighted by molar-refractivity contribution is 0.237. The van der Waals surface area contributed by atoms with Crippen LogP contribution in [0, 0.1) is 0 Å². The summed E-state index contributed by atoms with van der Waals surface area (Å²) in [7, 11) is 2.26. The number of hydrogen-bond donors (Lipinski definition) is 1. The molecule has 1 saturated heterocycles. The Bertz CT molecular complexity index is 129. The summed E-state index contributed by atoms with van der Waals surface area (Å²) in [6.07, 6.45) is 4.14. The van der Waals surface area contributed by atoms with Crippen molar-refractivity contribution in [2.45, 2.75) is 24.8 Å². The zero-order valence-electron chi connectivity index (χ0n) is 6.69. The Hall–Kier alpha value is -0.0800. The number of likely N-dealkylation sites (N-methyl/N-ethyl adjacent to an activating group) is 1. The molecule has 0 amide bonds. The fraction of sp³-hybridized carbons (Fsp3) is 1.00. The first-order chi connectivity index (χ1) is 4.83. The first-order valence-electron chi connectivity index (χ1n) is 4.25. The number of nitrogens with one attached hydrogen (secondary N) is 1. The Balaban J connectivity index is 2.02. The van der Waals surface area contributed by atoms with Crippen LogP contribution >= 0.6 is 0 Å². The lowest BCUT2D eigenvalue weighted by Crippen LogP contribution is -2.39. The molecule has 1 N–H and O–H groups in total. The molecule has 58 valence electrons. The zero-order chi connectivity index (χ0) is 7.03. The Morgan fingerprint density at radius 3 is 2.90 bits per heavy atom. The molecular formula is C8H16N2. The van der Waals surface area contributed by atoms with Crippen LogP contribution in [0.2, 0.25) is 0 Å². The highest BCUT2D eigenvalue weighted by Gasteiger charge is 2.46. The van der Waals surface area contributed by atoms with Crippen LogP contribution in [0.5, 0.6) is 0 Å². The minimum absolute atomic E-state index is 0.594. The lowest BCUT2D eigenvalue weighted by atomic mass is 10.2. The third kappa shape index (κ3) is 0.956.